The van der Waals surface area contributed by atoms with Gasteiger partial charge >= 0.3 is 0 Å². The van der Waals surface area contributed by atoms with Crippen LogP contribution in [-0.4, -0.2) is 57.2 Å². The molecule has 0 radical (unpaired) electrons. The molecule has 0 saturated carbocycles. The van der Waals surface area contributed by atoms with Gasteiger partial charge in [0, 0.05) is 26.1 Å². The minimum atomic E-state index is -0.392. The van der Waals surface area contributed by atoms with Crippen molar-refractivity contribution in [2.75, 3.05) is 26.3 Å². The maximum Gasteiger partial charge on any atom is 0.147 e. The van der Waals surface area contributed by atoms with Crippen LogP contribution in [0.2, 0.25) is 0 Å². The van der Waals surface area contributed by atoms with Crippen LogP contribution in [0.25, 0.3) is 0 Å². The molecule has 1 unspecified atom stereocenters. The molecule has 100 valence electrons. The summed E-state index contributed by atoms with van der Waals surface area (Å²) in [5.74, 6) is 2.14. The zero-order valence-corrected chi connectivity index (χ0v) is 10.6. The van der Waals surface area contributed by atoms with Gasteiger partial charge in [-0.3, -0.25) is 4.90 Å². The molecule has 3 rings (SSSR count). The minimum Gasteiger partial charge on any atom is -0.389 e. The molecule has 0 spiro atoms. The molecule has 6 heteroatoms. The molecule has 1 N–H and O–H groups in total. The van der Waals surface area contributed by atoms with E-state index in [0.29, 0.717) is 19.8 Å². The molecule has 1 atom stereocenters. The Bertz CT molecular complexity index is 407. The number of rotatable bonds is 2. The third-order valence-electron chi connectivity index (χ3n) is 3.63. The zero-order chi connectivity index (χ0) is 12.4. The second-order valence-corrected chi connectivity index (χ2v) is 5.11. The fourth-order valence-electron chi connectivity index (χ4n) is 2.68. The number of ether oxygens (including phenoxy) is 1. The molecule has 0 aliphatic carbocycles. The van der Waals surface area contributed by atoms with Crippen molar-refractivity contribution >= 4 is 0 Å². The highest BCUT2D eigenvalue weighted by molar-refractivity contribution is 4.99. The van der Waals surface area contributed by atoms with Gasteiger partial charge in [0.15, 0.2) is 0 Å². The topological polar surface area (TPSA) is 63.4 Å². The fraction of sp³-hybridized carbons (Fsp3) is 0.833. The number of aliphatic hydroxyl groups is 1. The summed E-state index contributed by atoms with van der Waals surface area (Å²) in [6.45, 7) is 4.41. The monoisotopic (exact) mass is 252 g/mol. The number of β-amino-alcohol motifs (C(OH)–C–C–N with tert-alkyl or cyclic N) is 1. The molecule has 0 amide bonds. The Balaban J connectivity index is 1.69. The van der Waals surface area contributed by atoms with Gasteiger partial charge in [0.2, 0.25) is 0 Å². The average Bonchev–Trinajstić information content (AvgIpc) is 2.66. The van der Waals surface area contributed by atoms with Gasteiger partial charge in [-0.15, -0.1) is 10.2 Å². The van der Waals surface area contributed by atoms with E-state index in [0.717, 1.165) is 37.7 Å². The van der Waals surface area contributed by atoms with Crippen molar-refractivity contribution in [3.8, 4) is 0 Å². The van der Waals surface area contributed by atoms with Crippen LogP contribution in [0.1, 0.15) is 24.5 Å². The van der Waals surface area contributed by atoms with E-state index in [9.17, 15) is 5.11 Å². The number of nitrogens with zero attached hydrogens (tertiary/aromatic N) is 4. The van der Waals surface area contributed by atoms with E-state index >= 15 is 0 Å². The number of aliphatic hydroxyl groups excluding tert-OH is 1. The van der Waals surface area contributed by atoms with Crippen molar-refractivity contribution in [3.63, 3.8) is 0 Å². The standard InChI is InChI=1S/C12H20N4O2/c17-10-7-15(5-6-18-9-10)8-12-14-13-11-3-1-2-4-16(11)12/h10,17H,1-9H2. The van der Waals surface area contributed by atoms with Crippen LogP contribution >= 0.6 is 0 Å². The van der Waals surface area contributed by atoms with Crippen LogP contribution in [0, 0.1) is 0 Å². The SMILES string of the molecule is OC1COCCN(Cc2nnc3n2CCCC3)C1. The first kappa shape index (κ1) is 12.1. The maximum absolute atomic E-state index is 9.72. The van der Waals surface area contributed by atoms with Crippen molar-refractivity contribution in [1.82, 2.24) is 19.7 Å². The molecule has 1 fully saturated rings. The highest BCUT2D eigenvalue weighted by atomic mass is 16.5. The quantitative estimate of drug-likeness (QED) is 0.790. The van der Waals surface area contributed by atoms with E-state index in [2.05, 4.69) is 19.7 Å². The summed E-state index contributed by atoms with van der Waals surface area (Å²) in [4.78, 5) is 2.20. The molecule has 1 saturated heterocycles. The van der Waals surface area contributed by atoms with E-state index in [1.54, 1.807) is 0 Å². The van der Waals surface area contributed by atoms with Crippen molar-refractivity contribution in [1.29, 1.82) is 0 Å². The second-order valence-electron chi connectivity index (χ2n) is 5.11. The summed E-state index contributed by atoms with van der Waals surface area (Å²) in [6, 6.07) is 0. The molecule has 2 aliphatic heterocycles. The van der Waals surface area contributed by atoms with E-state index < -0.39 is 6.10 Å². The van der Waals surface area contributed by atoms with E-state index in [1.807, 2.05) is 0 Å². The number of hydrogen-bond acceptors (Lipinski definition) is 5. The average molecular weight is 252 g/mol. The van der Waals surface area contributed by atoms with Crippen LogP contribution < -0.4 is 0 Å². The first-order valence-electron chi connectivity index (χ1n) is 6.72. The number of fused-ring (bicyclic) bond motifs is 1. The number of aryl methyl sites for hydroxylation is 1. The highest BCUT2D eigenvalue weighted by Gasteiger charge is 2.21. The van der Waals surface area contributed by atoms with E-state index in [-0.39, 0.29) is 0 Å². The van der Waals surface area contributed by atoms with Crippen molar-refractivity contribution in [3.05, 3.63) is 11.6 Å². The van der Waals surface area contributed by atoms with Gasteiger partial charge in [-0.2, -0.15) is 0 Å². The normalized spacial score (nSPS) is 25.7. The summed E-state index contributed by atoms with van der Waals surface area (Å²) in [5.41, 5.74) is 0. The second kappa shape index (κ2) is 5.34. The lowest BCUT2D eigenvalue weighted by Crippen LogP contribution is -2.33. The van der Waals surface area contributed by atoms with Gasteiger partial charge in [-0.1, -0.05) is 0 Å². The Morgan fingerprint density at radius 2 is 2.22 bits per heavy atom. The molecule has 3 heterocycles. The van der Waals surface area contributed by atoms with Gasteiger partial charge in [0.05, 0.1) is 25.9 Å². The Hall–Kier alpha value is -0.980. The van der Waals surface area contributed by atoms with E-state index in [4.69, 9.17) is 4.74 Å². The number of aromatic nitrogens is 3. The third kappa shape index (κ3) is 2.55. The highest BCUT2D eigenvalue weighted by Crippen LogP contribution is 2.15. The fourth-order valence-corrected chi connectivity index (χ4v) is 2.68. The summed E-state index contributed by atoms with van der Waals surface area (Å²) in [5, 5.41) is 18.3. The van der Waals surface area contributed by atoms with Crippen LogP contribution in [0.3, 0.4) is 0 Å². The lowest BCUT2D eigenvalue weighted by molar-refractivity contribution is 0.0561. The summed E-state index contributed by atoms with van der Waals surface area (Å²) in [7, 11) is 0. The maximum atomic E-state index is 9.72. The van der Waals surface area contributed by atoms with Gasteiger partial charge in [0.25, 0.3) is 0 Å². The van der Waals surface area contributed by atoms with Crippen LogP contribution in [0.4, 0.5) is 0 Å². The van der Waals surface area contributed by atoms with Crippen LogP contribution in [-0.2, 0) is 24.2 Å². The largest absolute Gasteiger partial charge is 0.389 e. The van der Waals surface area contributed by atoms with Crippen molar-refractivity contribution in [2.24, 2.45) is 0 Å². The Morgan fingerprint density at radius 3 is 3.17 bits per heavy atom. The molecule has 0 bridgehead atoms. The Kier molecular flexibility index (Phi) is 3.58. The van der Waals surface area contributed by atoms with E-state index in [1.165, 1.54) is 12.8 Å². The van der Waals surface area contributed by atoms with Crippen LogP contribution in [0.15, 0.2) is 0 Å². The molecule has 1 aromatic rings. The smallest absolute Gasteiger partial charge is 0.147 e. The summed E-state index contributed by atoms with van der Waals surface area (Å²) < 4.78 is 7.57. The molecule has 0 aromatic carbocycles. The van der Waals surface area contributed by atoms with Crippen molar-refractivity contribution < 1.29 is 9.84 Å². The third-order valence-corrected chi connectivity index (χ3v) is 3.63. The first-order valence-corrected chi connectivity index (χ1v) is 6.72. The molecule has 1 aromatic heterocycles. The molecule has 6 nitrogen and oxygen atoms in total. The predicted octanol–water partition coefficient (Wildman–Crippen LogP) is -0.192. The summed E-state index contributed by atoms with van der Waals surface area (Å²) in [6.07, 6.45) is 3.08. The Labute approximate surface area is 107 Å². The molecular weight excluding hydrogens is 232 g/mol. The van der Waals surface area contributed by atoms with Gasteiger partial charge in [-0.25, -0.2) is 0 Å². The van der Waals surface area contributed by atoms with Crippen molar-refractivity contribution in [2.45, 2.75) is 38.5 Å². The summed E-state index contributed by atoms with van der Waals surface area (Å²) >= 11 is 0. The molecular formula is C12H20N4O2. The predicted molar refractivity (Wildman–Crippen MR) is 65.1 cm³/mol. The molecule has 18 heavy (non-hydrogen) atoms. The number of hydrogen-bond donors (Lipinski definition) is 1. The lowest BCUT2D eigenvalue weighted by Gasteiger charge is -2.22. The van der Waals surface area contributed by atoms with Gasteiger partial charge in [0.1, 0.15) is 11.6 Å². The minimum absolute atomic E-state index is 0.392. The lowest BCUT2D eigenvalue weighted by atomic mass is 10.1. The Morgan fingerprint density at radius 1 is 1.28 bits per heavy atom. The molecule has 2 aliphatic rings. The zero-order valence-electron chi connectivity index (χ0n) is 10.6. The van der Waals surface area contributed by atoms with Gasteiger partial charge < -0.3 is 14.4 Å². The van der Waals surface area contributed by atoms with Crippen LogP contribution in [0.5, 0.6) is 0 Å². The first-order chi connectivity index (χ1) is 8.83. The van der Waals surface area contributed by atoms with Gasteiger partial charge in [-0.05, 0) is 12.8 Å².